The lowest BCUT2D eigenvalue weighted by atomic mass is 10.1. The molecule has 24 heavy (non-hydrogen) atoms. The Kier molecular flexibility index (Phi) is 4.46. The summed E-state index contributed by atoms with van der Waals surface area (Å²) in [4.78, 5) is 12.6. The number of carbonyl (C=O) groups excluding carboxylic acids is 1. The Morgan fingerprint density at radius 2 is 1.96 bits per heavy atom. The number of carbonyl (C=O) groups is 1. The maximum atomic E-state index is 12.6. The van der Waals surface area contributed by atoms with E-state index in [0.717, 1.165) is 34.9 Å². The lowest BCUT2D eigenvalue weighted by Crippen LogP contribution is -2.27. The van der Waals surface area contributed by atoms with Gasteiger partial charge in [0.05, 0.1) is 30.5 Å². The van der Waals surface area contributed by atoms with Crippen LogP contribution in [0.2, 0.25) is 0 Å². The van der Waals surface area contributed by atoms with Crippen molar-refractivity contribution in [2.75, 3.05) is 13.2 Å². The molecule has 6 nitrogen and oxygen atoms in total. The standard InChI is InChI=1S/C18H23N3O3/c1-11(19-18(22)17-12(2)20-21(4)13(17)3)14-6-7-15-16(10-14)24-9-5-8-23-15/h6-7,10-11H,5,8-9H2,1-4H3,(H,19,22)/t11-/m1/s1. The average molecular weight is 329 g/mol. The number of nitrogens with zero attached hydrogens (tertiary/aromatic N) is 2. The van der Waals surface area contributed by atoms with Gasteiger partial charge in [-0.25, -0.2) is 0 Å². The molecule has 1 aromatic carbocycles. The molecule has 0 aliphatic carbocycles. The number of benzene rings is 1. The van der Waals surface area contributed by atoms with Gasteiger partial charge in [-0.2, -0.15) is 5.10 Å². The zero-order chi connectivity index (χ0) is 17.3. The van der Waals surface area contributed by atoms with Gasteiger partial charge in [-0.3, -0.25) is 9.48 Å². The summed E-state index contributed by atoms with van der Waals surface area (Å²) in [6.45, 7) is 7.01. The van der Waals surface area contributed by atoms with Crippen LogP contribution in [0, 0.1) is 13.8 Å². The number of hydrogen-bond acceptors (Lipinski definition) is 4. The van der Waals surface area contributed by atoms with Gasteiger partial charge in [0, 0.05) is 19.2 Å². The summed E-state index contributed by atoms with van der Waals surface area (Å²) in [5, 5.41) is 7.34. The maximum absolute atomic E-state index is 12.6. The molecule has 0 fully saturated rings. The van der Waals surface area contributed by atoms with Crippen molar-refractivity contribution in [3.05, 3.63) is 40.7 Å². The highest BCUT2D eigenvalue weighted by molar-refractivity contribution is 5.96. The van der Waals surface area contributed by atoms with Crippen LogP contribution in [0.1, 0.15) is 46.7 Å². The van der Waals surface area contributed by atoms with Crippen LogP contribution in [0.3, 0.4) is 0 Å². The van der Waals surface area contributed by atoms with Crippen molar-refractivity contribution in [2.24, 2.45) is 7.05 Å². The summed E-state index contributed by atoms with van der Waals surface area (Å²) in [7, 11) is 1.84. The number of rotatable bonds is 3. The van der Waals surface area contributed by atoms with Crippen LogP contribution >= 0.6 is 0 Å². The largest absolute Gasteiger partial charge is 0.490 e. The fourth-order valence-corrected chi connectivity index (χ4v) is 2.90. The number of ether oxygens (including phenoxy) is 2. The second kappa shape index (κ2) is 6.55. The van der Waals surface area contributed by atoms with Crippen molar-refractivity contribution in [3.63, 3.8) is 0 Å². The van der Waals surface area contributed by atoms with Crippen molar-refractivity contribution in [1.82, 2.24) is 15.1 Å². The number of amides is 1. The van der Waals surface area contributed by atoms with Crippen LogP contribution in [0.25, 0.3) is 0 Å². The minimum absolute atomic E-state index is 0.113. The van der Waals surface area contributed by atoms with E-state index < -0.39 is 0 Å². The second-order valence-corrected chi connectivity index (χ2v) is 6.12. The molecule has 1 amide bonds. The van der Waals surface area contributed by atoms with Crippen LogP contribution in [0.4, 0.5) is 0 Å². The van der Waals surface area contributed by atoms with Crippen LogP contribution in [-0.2, 0) is 7.05 Å². The summed E-state index contributed by atoms with van der Waals surface area (Å²) in [5.41, 5.74) is 3.21. The highest BCUT2D eigenvalue weighted by atomic mass is 16.5. The quantitative estimate of drug-likeness (QED) is 0.940. The Bertz CT molecular complexity index is 767. The Hall–Kier alpha value is -2.50. The van der Waals surface area contributed by atoms with Gasteiger partial charge in [0.15, 0.2) is 11.5 Å². The highest BCUT2D eigenvalue weighted by Gasteiger charge is 2.20. The van der Waals surface area contributed by atoms with Gasteiger partial charge < -0.3 is 14.8 Å². The van der Waals surface area contributed by atoms with E-state index in [1.165, 1.54) is 0 Å². The van der Waals surface area contributed by atoms with Gasteiger partial charge in [-0.05, 0) is 38.5 Å². The van der Waals surface area contributed by atoms with Crippen molar-refractivity contribution in [2.45, 2.75) is 33.2 Å². The first-order valence-electron chi connectivity index (χ1n) is 8.18. The van der Waals surface area contributed by atoms with Gasteiger partial charge in [-0.1, -0.05) is 6.07 Å². The molecule has 128 valence electrons. The monoisotopic (exact) mass is 329 g/mol. The third-order valence-electron chi connectivity index (χ3n) is 4.36. The van der Waals surface area contributed by atoms with Crippen molar-refractivity contribution >= 4 is 5.91 Å². The summed E-state index contributed by atoms with van der Waals surface area (Å²) < 4.78 is 13.1. The molecular weight excluding hydrogens is 306 g/mol. The van der Waals surface area contributed by atoms with Crippen molar-refractivity contribution in [3.8, 4) is 11.5 Å². The molecule has 0 unspecified atom stereocenters. The average Bonchev–Trinajstić information content (AvgIpc) is 2.72. The molecule has 1 aliphatic heterocycles. The third kappa shape index (κ3) is 3.09. The number of aromatic nitrogens is 2. The van der Waals surface area contributed by atoms with E-state index in [-0.39, 0.29) is 11.9 Å². The SMILES string of the molecule is Cc1nn(C)c(C)c1C(=O)N[C@H](C)c1ccc2c(c1)OCCCO2. The van der Waals surface area contributed by atoms with Gasteiger partial charge in [0.1, 0.15) is 0 Å². The van der Waals surface area contributed by atoms with Crippen molar-refractivity contribution < 1.29 is 14.3 Å². The fraction of sp³-hybridized carbons (Fsp3) is 0.444. The van der Waals surface area contributed by atoms with Crippen LogP contribution < -0.4 is 14.8 Å². The summed E-state index contributed by atoms with van der Waals surface area (Å²) in [6, 6.07) is 5.66. The smallest absolute Gasteiger partial charge is 0.255 e. The molecule has 0 radical (unpaired) electrons. The molecule has 0 spiro atoms. The molecule has 1 aliphatic rings. The summed E-state index contributed by atoms with van der Waals surface area (Å²) in [5.74, 6) is 1.38. The van der Waals surface area contributed by atoms with Crippen LogP contribution in [-0.4, -0.2) is 28.9 Å². The molecule has 1 atom stereocenters. The first kappa shape index (κ1) is 16.4. The molecule has 2 aromatic rings. The zero-order valence-corrected chi connectivity index (χ0v) is 14.5. The maximum Gasteiger partial charge on any atom is 0.255 e. The van der Waals surface area contributed by atoms with Gasteiger partial charge in [-0.15, -0.1) is 0 Å². The first-order chi connectivity index (χ1) is 11.5. The van der Waals surface area contributed by atoms with E-state index in [9.17, 15) is 4.79 Å². The first-order valence-corrected chi connectivity index (χ1v) is 8.18. The van der Waals surface area contributed by atoms with Gasteiger partial charge in [0.2, 0.25) is 0 Å². The van der Waals surface area contributed by atoms with E-state index in [2.05, 4.69) is 10.4 Å². The molecule has 3 rings (SSSR count). The normalized spacial score (nSPS) is 14.8. The molecule has 1 N–H and O–H groups in total. The Labute approximate surface area is 141 Å². The van der Waals surface area contributed by atoms with E-state index in [1.807, 2.05) is 46.0 Å². The zero-order valence-electron chi connectivity index (χ0n) is 14.5. The number of aryl methyl sites for hydroxylation is 2. The highest BCUT2D eigenvalue weighted by Crippen LogP contribution is 2.32. The lowest BCUT2D eigenvalue weighted by molar-refractivity contribution is 0.0938. The molecule has 0 saturated heterocycles. The van der Waals surface area contributed by atoms with Crippen LogP contribution in [0.15, 0.2) is 18.2 Å². The molecular formula is C18H23N3O3. The molecule has 0 saturated carbocycles. The predicted octanol–water partition coefficient (Wildman–Crippen LogP) is 2.69. The summed E-state index contributed by atoms with van der Waals surface area (Å²) >= 11 is 0. The van der Waals surface area contributed by atoms with E-state index in [1.54, 1.807) is 4.68 Å². The molecule has 2 heterocycles. The Morgan fingerprint density at radius 1 is 1.25 bits per heavy atom. The van der Waals surface area contributed by atoms with Gasteiger partial charge >= 0.3 is 0 Å². The number of hydrogen-bond donors (Lipinski definition) is 1. The predicted molar refractivity (Wildman–Crippen MR) is 90.6 cm³/mol. The van der Waals surface area contributed by atoms with Crippen LogP contribution in [0.5, 0.6) is 11.5 Å². The molecule has 0 bridgehead atoms. The Morgan fingerprint density at radius 3 is 2.62 bits per heavy atom. The fourth-order valence-electron chi connectivity index (χ4n) is 2.90. The molecule has 1 aromatic heterocycles. The second-order valence-electron chi connectivity index (χ2n) is 6.12. The van der Waals surface area contributed by atoms with Crippen molar-refractivity contribution in [1.29, 1.82) is 0 Å². The van der Waals surface area contributed by atoms with Gasteiger partial charge in [0.25, 0.3) is 5.91 Å². The molecule has 6 heteroatoms. The Balaban J connectivity index is 1.78. The van der Waals surface area contributed by atoms with E-state index >= 15 is 0 Å². The minimum Gasteiger partial charge on any atom is -0.490 e. The lowest BCUT2D eigenvalue weighted by Gasteiger charge is -2.16. The minimum atomic E-state index is -0.145. The third-order valence-corrected chi connectivity index (χ3v) is 4.36. The number of fused-ring (bicyclic) bond motifs is 1. The van der Waals surface area contributed by atoms with E-state index in [0.29, 0.717) is 18.8 Å². The topological polar surface area (TPSA) is 65.4 Å². The van der Waals surface area contributed by atoms with E-state index in [4.69, 9.17) is 9.47 Å². The summed E-state index contributed by atoms with van der Waals surface area (Å²) in [6.07, 6.45) is 0.871. The number of nitrogens with one attached hydrogen (secondary N) is 1.